The molecule has 1 fully saturated rings. The second kappa shape index (κ2) is 7.05. The molecule has 4 nitrogen and oxygen atoms in total. The summed E-state index contributed by atoms with van der Waals surface area (Å²) in [5, 5.41) is 6.16. The molecule has 4 heteroatoms. The number of hydrogen-bond donors (Lipinski definition) is 2. The Morgan fingerprint density at radius 1 is 1.24 bits per heavy atom. The Morgan fingerprint density at radius 2 is 1.86 bits per heavy atom. The molecule has 0 aromatic heterocycles. The minimum Gasteiger partial charge on any atom is -0.368 e. The van der Waals surface area contributed by atoms with Crippen molar-refractivity contribution < 1.29 is 9.53 Å². The van der Waals surface area contributed by atoms with Gasteiger partial charge in [-0.05, 0) is 49.0 Å². The van der Waals surface area contributed by atoms with Crippen LogP contribution in [0, 0.1) is 0 Å². The van der Waals surface area contributed by atoms with Gasteiger partial charge in [0.25, 0.3) is 0 Å². The van der Waals surface area contributed by atoms with Crippen LogP contribution in [-0.4, -0.2) is 31.7 Å². The van der Waals surface area contributed by atoms with Crippen LogP contribution in [-0.2, 0) is 14.9 Å². The first-order chi connectivity index (χ1) is 9.95. The predicted octanol–water partition coefficient (Wildman–Crippen LogP) is 2.69. The lowest BCUT2D eigenvalue weighted by Crippen LogP contribution is -2.34. The van der Waals surface area contributed by atoms with E-state index in [2.05, 4.69) is 43.5 Å². The van der Waals surface area contributed by atoms with E-state index < -0.39 is 0 Å². The van der Waals surface area contributed by atoms with Gasteiger partial charge in [-0.15, -0.1) is 0 Å². The summed E-state index contributed by atoms with van der Waals surface area (Å²) in [7, 11) is 0. The summed E-state index contributed by atoms with van der Waals surface area (Å²) in [5.74, 6) is -0.0861. The van der Waals surface area contributed by atoms with Crippen molar-refractivity contribution in [2.24, 2.45) is 0 Å². The molecule has 0 spiro atoms. The van der Waals surface area contributed by atoms with Crippen LogP contribution in [0.25, 0.3) is 0 Å². The summed E-state index contributed by atoms with van der Waals surface area (Å²) in [6.07, 6.45) is 2.17. The third-order valence-corrected chi connectivity index (χ3v) is 3.77. The summed E-state index contributed by atoms with van der Waals surface area (Å²) in [6.45, 7) is 8.60. The highest BCUT2D eigenvalue weighted by Gasteiger charge is 2.15. The topological polar surface area (TPSA) is 50.4 Å². The molecule has 1 aliphatic rings. The zero-order valence-electron chi connectivity index (χ0n) is 13.2. The summed E-state index contributed by atoms with van der Waals surface area (Å²) in [5.41, 5.74) is 2.20. The van der Waals surface area contributed by atoms with Gasteiger partial charge in [0.05, 0.1) is 6.10 Å². The SMILES string of the molecule is CC(C)(C)c1ccc(NC(=O)COC2CCNCC2)cc1. The fourth-order valence-corrected chi connectivity index (χ4v) is 2.41. The molecule has 21 heavy (non-hydrogen) atoms. The first-order valence-corrected chi connectivity index (χ1v) is 7.68. The molecule has 1 heterocycles. The Bertz CT molecular complexity index is 457. The van der Waals surface area contributed by atoms with Gasteiger partial charge in [-0.3, -0.25) is 4.79 Å². The van der Waals surface area contributed by atoms with Gasteiger partial charge in [-0.2, -0.15) is 0 Å². The molecule has 0 bridgehead atoms. The number of hydrogen-bond acceptors (Lipinski definition) is 3. The number of rotatable bonds is 4. The average Bonchev–Trinajstić information content (AvgIpc) is 2.46. The van der Waals surface area contributed by atoms with Crippen LogP contribution in [0.15, 0.2) is 24.3 Å². The van der Waals surface area contributed by atoms with E-state index in [-0.39, 0.29) is 24.0 Å². The summed E-state index contributed by atoms with van der Waals surface area (Å²) in [4.78, 5) is 11.9. The summed E-state index contributed by atoms with van der Waals surface area (Å²) >= 11 is 0. The fraction of sp³-hybridized carbons (Fsp3) is 0.588. The number of ether oxygens (including phenoxy) is 1. The lowest BCUT2D eigenvalue weighted by Gasteiger charge is -2.22. The lowest BCUT2D eigenvalue weighted by atomic mass is 9.87. The molecule has 1 aromatic rings. The Balaban J connectivity index is 1.79. The highest BCUT2D eigenvalue weighted by molar-refractivity contribution is 5.91. The van der Waals surface area contributed by atoms with Gasteiger partial charge >= 0.3 is 0 Å². The summed E-state index contributed by atoms with van der Waals surface area (Å²) in [6, 6.07) is 8.01. The molecule has 1 aromatic carbocycles. The third-order valence-electron chi connectivity index (χ3n) is 3.77. The zero-order valence-corrected chi connectivity index (χ0v) is 13.2. The quantitative estimate of drug-likeness (QED) is 0.896. The monoisotopic (exact) mass is 290 g/mol. The fourth-order valence-electron chi connectivity index (χ4n) is 2.41. The molecular formula is C17H26N2O2. The van der Waals surface area contributed by atoms with Crippen molar-refractivity contribution >= 4 is 11.6 Å². The molecule has 1 aliphatic heterocycles. The van der Waals surface area contributed by atoms with Crippen LogP contribution >= 0.6 is 0 Å². The zero-order chi connectivity index (χ0) is 15.3. The van der Waals surface area contributed by atoms with E-state index in [9.17, 15) is 4.79 Å². The van der Waals surface area contributed by atoms with E-state index in [0.29, 0.717) is 0 Å². The number of carbonyl (C=O) groups is 1. The Morgan fingerprint density at radius 3 is 2.43 bits per heavy atom. The van der Waals surface area contributed by atoms with Crippen LogP contribution < -0.4 is 10.6 Å². The molecule has 0 radical (unpaired) electrons. The average molecular weight is 290 g/mol. The van der Waals surface area contributed by atoms with Crippen LogP contribution in [0.3, 0.4) is 0 Å². The largest absolute Gasteiger partial charge is 0.368 e. The second-order valence-electron chi connectivity index (χ2n) is 6.64. The van der Waals surface area contributed by atoms with E-state index in [1.807, 2.05) is 12.1 Å². The maximum Gasteiger partial charge on any atom is 0.250 e. The van der Waals surface area contributed by atoms with Crippen LogP contribution in [0.1, 0.15) is 39.2 Å². The van der Waals surface area contributed by atoms with Gasteiger partial charge in [0, 0.05) is 5.69 Å². The normalized spacial score (nSPS) is 16.7. The highest BCUT2D eigenvalue weighted by Crippen LogP contribution is 2.23. The molecule has 2 rings (SSSR count). The molecule has 0 unspecified atom stereocenters. The Labute approximate surface area is 127 Å². The molecule has 1 saturated heterocycles. The van der Waals surface area contributed by atoms with Crippen molar-refractivity contribution in [2.75, 3.05) is 25.0 Å². The number of nitrogens with one attached hydrogen (secondary N) is 2. The standard InChI is InChI=1S/C17H26N2O2/c1-17(2,3)13-4-6-14(7-5-13)19-16(20)12-21-15-8-10-18-11-9-15/h4-7,15,18H,8-12H2,1-3H3,(H,19,20). The van der Waals surface area contributed by atoms with Gasteiger partial charge < -0.3 is 15.4 Å². The maximum absolute atomic E-state index is 11.9. The van der Waals surface area contributed by atoms with Crippen LogP contribution in [0.5, 0.6) is 0 Å². The van der Waals surface area contributed by atoms with Crippen molar-refractivity contribution in [1.82, 2.24) is 5.32 Å². The first kappa shape index (κ1) is 16.0. The molecular weight excluding hydrogens is 264 g/mol. The lowest BCUT2D eigenvalue weighted by molar-refractivity contribution is -0.123. The van der Waals surface area contributed by atoms with E-state index in [1.54, 1.807) is 0 Å². The van der Waals surface area contributed by atoms with Gasteiger partial charge in [-0.1, -0.05) is 32.9 Å². The van der Waals surface area contributed by atoms with E-state index >= 15 is 0 Å². The van der Waals surface area contributed by atoms with Crippen molar-refractivity contribution in [3.63, 3.8) is 0 Å². The minimum atomic E-state index is -0.0861. The molecule has 116 valence electrons. The van der Waals surface area contributed by atoms with Gasteiger partial charge in [0.15, 0.2) is 0 Å². The summed E-state index contributed by atoms with van der Waals surface area (Å²) < 4.78 is 5.64. The van der Waals surface area contributed by atoms with E-state index in [1.165, 1.54) is 5.56 Å². The predicted molar refractivity (Wildman–Crippen MR) is 85.6 cm³/mol. The number of amides is 1. The third kappa shape index (κ3) is 5.14. The molecule has 0 saturated carbocycles. The smallest absolute Gasteiger partial charge is 0.250 e. The van der Waals surface area contributed by atoms with Crippen molar-refractivity contribution in [3.05, 3.63) is 29.8 Å². The van der Waals surface area contributed by atoms with Crippen molar-refractivity contribution in [3.8, 4) is 0 Å². The van der Waals surface area contributed by atoms with Crippen molar-refractivity contribution in [2.45, 2.75) is 45.1 Å². The Hall–Kier alpha value is -1.39. The van der Waals surface area contributed by atoms with Crippen molar-refractivity contribution in [1.29, 1.82) is 0 Å². The first-order valence-electron chi connectivity index (χ1n) is 7.68. The van der Waals surface area contributed by atoms with Gasteiger partial charge in [0.2, 0.25) is 5.91 Å². The van der Waals surface area contributed by atoms with E-state index in [4.69, 9.17) is 4.74 Å². The number of anilines is 1. The highest BCUT2D eigenvalue weighted by atomic mass is 16.5. The molecule has 1 amide bonds. The maximum atomic E-state index is 11.9. The minimum absolute atomic E-state index is 0.0861. The molecule has 2 N–H and O–H groups in total. The second-order valence-corrected chi connectivity index (χ2v) is 6.64. The van der Waals surface area contributed by atoms with Crippen LogP contribution in [0.4, 0.5) is 5.69 Å². The van der Waals surface area contributed by atoms with Crippen LogP contribution in [0.2, 0.25) is 0 Å². The number of piperidine rings is 1. The van der Waals surface area contributed by atoms with Gasteiger partial charge in [-0.25, -0.2) is 0 Å². The number of carbonyl (C=O) groups excluding carboxylic acids is 1. The Kier molecular flexibility index (Phi) is 5.37. The molecule has 0 aliphatic carbocycles. The van der Waals surface area contributed by atoms with Gasteiger partial charge in [0.1, 0.15) is 6.61 Å². The van der Waals surface area contributed by atoms with E-state index in [0.717, 1.165) is 31.6 Å². The molecule has 0 atom stereocenters. The number of benzene rings is 1.